The van der Waals surface area contributed by atoms with E-state index in [9.17, 15) is 4.79 Å². The quantitative estimate of drug-likeness (QED) is 0.893. The van der Waals surface area contributed by atoms with Gasteiger partial charge < -0.3 is 10.6 Å². The van der Waals surface area contributed by atoms with E-state index >= 15 is 0 Å². The first-order valence-corrected chi connectivity index (χ1v) is 9.01. The minimum atomic E-state index is 0.00152. The van der Waals surface area contributed by atoms with Gasteiger partial charge in [0.1, 0.15) is 0 Å². The van der Waals surface area contributed by atoms with Gasteiger partial charge in [0.05, 0.1) is 11.7 Å². The summed E-state index contributed by atoms with van der Waals surface area (Å²) >= 11 is 0. The molecule has 128 valence electrons. The van der Waals surface area contributed by atoms with Gasteiger partial charge in [0, 0.05) is 24.8 Å². The molecule has 0 radical (unpaired) electrons. The van der Waals surface area contributed by atoms with Gasteiger partial charge in [-0.25, -0.2) is 0 Å². The van der Waals surface area contributed by atoms with Crippen LogP contribution >= 0.6 is 0 Å². The number of hydrogen-bond donors (Lipinski definition) is 2. The van der Waals surface area contributed by atoms with Crippen LogP contribution in [0.1, 0.15) is 56.0 Å². The Labute approximate surface area is 139 Å². The summed E-state index contributed by atoms with van der Waals surface area (Å²) < 4.78 is 1.92. The summed E-state index contributed by atoms with van der Waals surface area (Å²) in [6, 6.07) is 0.702. The highest BCUT2D eigenvalue weighted by atomic mass is 16.2. The molecule has 1 aromatic rings. The number of aromatic nitrogens is 2. The molecule has 2 N–H and O–H groups in total. The molecule has 0 bridgehead atoms. The predicted octanol–water partition coefficient (Wildman–Crippen LogP) is 2.00. The maximum Gasteiger partial charge on any atom is 0.237 e. The van der Waals surface area contributed by atoms with E-state index in [1.54, 1.807) is 0 Å². The smallest absolute Gasteiger partial charge is 0.237 e. The molecular weight excluding hydrogens is 288 g/mol. The van der Waals surface area contributed by atoms with E-state index in [-0.39, 0.29) is 18.0 Å². The Kier molecular flexibility index (Phi) is 4.76. The highest BCUT2D eigenvalue weighted by molar-refractivity contribution is 5.82. The second-order valence-corrected chi connectivity index (χ2v) is 7.49. The standard InChI is InChI=1S/C18H30N4O/c1-11(9-15-12(2)21-22(4)13(15)3)19-18(23)17-10-14-7-5-6-8-16(14)20-17/h11,14,16-17,20H,5-10H2,1-4H3,(H,19,23). The van der Waals surface area contributed by atoms with Gasteiger partial charge in [-0.2, -0.15) is 5.10 Å². The molecule has 0 spiro atoms. The van der Waals surface area contributed by atoms with Crippen molar-refractivity contribution in [3.8, 4) is 0 Å². The van der Waals surface area contributed by atoms with Crippen molar-refractivity contribution >= 4 is 5.91 Å². The van der Waals surface area contributed by atoms with E-state index in [1.807, 2.05) is 18.7 Å². The third kappa shape index (κ3) is 3.44. The summed E-state index contributed by atoms with van der Waals surface area (Å²) in [5.74, 6) is 0.878. The molecule has 5 nitrogen and oxygen atoms in total. The first kappa shape index (κ1) is 16.5. The van der Waals surface area contributed by atoms with E-state index in [4.69, 9.17) is 0 Å². The van der Waals surface area contributed by atoms with Crippen molar-refractivity contribution in [2.24, 2.45) is 13.0 Å². The third-order valence-electron chi connectivity index (χ3n) is 5.74. The van der Waals surface area contributed by atoms with Crippen LogP contribution < -0.4 is 10.6 Å². The number of carbonyl (C=O) groups is 1. The topological polar surface area (TPSA) is 59.0 Å². The molecule has 5 heteroatoms. The van der Waals surface area contributed by atoms with Crippen LogP contribution in [-0.2, 0) is 18.3 Å². The maximum atomic E-state index is 12.6. The van der Waals surface area contributed by atoms with Gasteiger partial charge in [0.15, 0.2) is 0 Å². The molecule has 1 aliphatic heterocycles. The first-order valence-electron chi connectivity index (χ1n) is 9.01. The first-order chi connectivity index (χ1) is 11.0. The van der Waals surface area contributed by atoms with E-state index in [1.165, 1.54) is 36.9 Å². The highest BCUT2D eigenvalue weighted by Crippen LogP contribution is 2.33. The summed E-state index contributed by atoms with van der Waals surface area (Å²) in [5, 5.41) is 11.2. The molecule has 4 atom stereocenters. The normalized spacial score (nSPS) is 28.4. The van der Waals surface area contributed by atoms with E-state index in [0.717, 1.165) is 18.5 Å². The number of nitrogens with zero attached hydrogens (tertiary/aromatic N) is 2. The lowest BCUT2D eigenvalue weighted by Gasteiger charge is -2.24. The Balaban J connectivity index is 1.55. The number of hydrogen-bond acceptors (Lipinski definition) is 3. The SMILES string of the molecule is Cc1nn(C)c(C)c1CC(C)NC(=O)C1CC2CCCCC2N1. The summed E-state index contributed by atoms with van der Waals surface area (Å²) in [7, 11) is 1.97. The van der Waals surface area contributed by atoms with Gasteiger partial charge in [-0.15, -0.1) is 0 Å². The number of rotatable bonds is 4. The number of carbonyl (C=O) groups excluding carboxylic acids is 1. The predicted molar refractivity (Wildman–Crippen MR) is 91.3 cm³/mol. The average Bonchev–Trinajstić information content (AvgIpc) is 3.04. The number of amides is 1. The zero-order valence-corrected chi connectivity index (χ0v) is 14.9. The molecular formula is C18H30N4O. The minimum Gasteiger partial charge on any atom is -0.352 e. The minimum absolute atomic E-state index is 0.00152. The fraction of sp³-hybridized carbons (Fsp3) is 0.778. The van der Waals surface area contributed by atoms with E-state index in [2.05, 4.69) is 29.6 Å². The van der Waals surface area contributed by atoms with Crippen molar-refractivity contribution < 1.29 is 4.79 Å². The lowest BCUT2D eigenvalue weighted by Crippen LogP contribution is -2.46. The summed E-state index contributed by atoms with van der Waals surface area (Å²) in [4.78, 5) is 12.6. The van der Waals surface area contributed by atoms with Gasteiger partial charge in [0.25, 0.3) is 0 Å². The lowest BCUT2D eigenvalue weighted by atomic mass is 9.85. The third-order valence-corrected chi connectivity index (χ3v) is 5.74. The van der Waals surface area contributed by atoms with Crippen LogP contribution in [0.15, 0.2) is 0 Å². The van der Waals surface area contributed by atoms with Crippen LogP contribution in [0.2, 0.25) is 0 Å². The Morgan fingerprint density at radius 2 is 2.13 bits per heavy atom. The second kappa shape index (κ2) is 6.63. The fourth-order valence-corrected chi connectivity index (χ4v) is 4.33. The van der Waals surface area contributed by atoms with Crippen molar-refractivity contribution in [3.63, 3.8) is 0 Å². The van der Waals surface area contributed by atoms with Crippen molar-refractivity contribution in [3.05, 3.63) is 17.0 Å². The van der Waals surface area contributed by atoms with Crippen LogP contribution in [0, 0.1) is 19.8 Å². The van der Waals surface area contributed by atoms with Crippen LogP contribution in [0.25, 0.3) is 0 Å². The van der Waals surface area contributed by atoms with Gasteiger partial charge in [-0.05, 0) is 57.9 Å². The molecule has 2 aliphatic rings. The second-order valence-electron chi connectivity index (χ2n) is 7.49. The summed E-state index contributed by atoms with van der Waals surface area (Å²) in [6.07, 6.45) is 7.00. The molecule has 0 aromatic carbocycles. The molecule has 1 saturated carbocycles. The summed E-state index contributed by atoms with van der Waals surface area (Å²) in [5.41, 5.74) is 3.51. The lowest BCUT2D eigenvalue weighted by molar-refractivity contribution is -0.123. The van der Waals surface area contributed by atoms with Crippen molar-refractivity contribution in [2.75, 3.05) is 0 Å². The van der Waals surface area contributed by atoms with Crippen molar-refractivity contribution in [1.82, 2.24) is 20.4 Å². The van der Waals surface area contributed by atoms with Crippen molar-refractivity contribution in [1.29, 1.82) is 0 Å². The number of aryl methyl sites for hydroxylation is 2. The zero-order chi connectivity index (χ0) is 16.6. The molecule has 1 amide bonds. The van der Waals surface area contributed by atoms with Gasteiger partial charge in [-0.1, -0.05) is 12.8 Å². The molecule has 2 heterocycles. The summed E-state index contributed by atoms with van der Waals surface area (Å²) in [6.45, 7) is 6.22. The molecule has 1 saturated heterocycles. The van der Waals surface area contributed by atoms with Crippen LogP contribution in [-0.4, -0.2) is 33.8 Å². The van der Waals surface area contributed by atoms with E-state index in [0.29, 0.717) is 12.0 Å². The Hall–Kier alpha value is -1.36. The fourth-order valence-electron chi connectivity index (χ4n) is 4.33. The van der Waals surface area contributed by atoms with Crippen LogP contribution in [0.3, 0.4) is 0 Å². The van der Waals surface area contributed by atoms with Gasteiger partial charge in [0.2, 0.25) is 5.91 Å². The van der Waals surface area contributed by atoms with Gasteiger partial charge >= 0.3 is 0 Å². The number of fused-ring (bicyclic) bond motifs is 1. The largest absolute Gasteiger partial charge is 0.352 e. The molecule has 3 rings (SSSR count). The molecule has 2 fully saturated rings. The van der Waals surface area contributed by atoms with Crippen LogP contribution in [0.4, 0.5) is 0 Å². The average molecular weight is 318 g/mol. The van der Waals surface area contributed by atoms with Crippen molar-refractivity contribution in [2.45, 2.75) is 77.4 Å². The van der Waals surface area contributed by atoms with E-state index < -0.39 is 0 Å². The molecule has 1 aliphatic carbocycles. The molecule has 23 heavy (non-hydrogen) atoms. The van der Waals surface area contributed by atoms with Gasteiger partial charge in [-0.3, -0.25) is 9.48 Å². The maximum absolute atomic E-state index is 12.6. The Morgan fingerprint density at radius 1 is 1.39 bits per heavy atom. The molecule has 4 unspecified atom stereocenters. The number of nitrogens with one attached hydrogen (secondary N) is 2. The Morgan fingerprint density at radius 3 is 2.78 bits per heavy atom. The Bertz CT molecular complexity index is 566. The monoisotopic (exact) mass is 318 g/mol. The zero-order valence-electron chi connectivity index (χ0n) is 14.9. The molecule has 1 aromatic heterocycles. The highest BCUT2D eigenvalue weighted by Gasteiger charge is 2.38. The van der Waals surface area contributed by atoms with Crippen LogP contribution in [0.5, 0.6) is 0 Å².